The first-order chi connectivity index (χ1) is 8.26. The molecule has 1 rings (SSSR count). The van der Waals surface area contributed by atoms with E-state index in [-0.39, 0.29) is 18.0 Å². The molecule has 0 aromatic carbocycles. The number of nitrogens with two attached hydrogens (primary N) is 1. The maximum Gasteiger partial charge on any atom is 0.324 e. The van der Waals surface area contributed by atoms with Crippen molar-refractivity contribution in [1.29, 1.82) is 0 Å². The largest absolute Gasteiger partial charge is 0.467 e. The van der Waals surface area contributed by atoms with Crippen LogP contribution in [-0.2, 0) is 0 Å². The second kappa shape index (κ2) is 7.65. The highest BCUT2D eigenvalue weighted by molar-refractivity contribution is 5.20. The highest BCUT2D eigenvalue weighted by Gasteiger charge is 2.04. The molecule has 0 unspecified atom stereocenters. The Morgan fingerprint density at radius 1 is 1.00 bits per heavy atom. The summed E-state index contributed by atoms with van der Waals surface area (Å²) < 4.78 is 10.3. The van der Waals surface area contributed by atoms with Crippen LogP contribution in [0.15, 0.2) is 0 Å². The Morgan fingerprint density at radius 3 is 2.41 bits per heavy atom. The van der Waals surface area contributed by atoms with E-state index in [1.165, 1.54) is 26.4 Å². The third-order valence-corrected chi connectivity index (χ3v) is 2.27. The number of methoxy groups -OCH3 is 1. The van der Waals surface area contributed by atoms with E-state index in [4.69, 9.17) is 15.2 Å². The standard InChI is InChI=1S/C11H20N4O2/c1-3-4-5-6-7-8-17-11-14-9(12)13-10(15-11)16-2/h3-8H2,1-2H3,(H2,12,13,14,15). The van der Waals surface area contributed by atoms with Gasteiger partial charge in [-0.05, 0) is 6.42 Å². The van der Waals surface area contributed by atoms with Crippen LogP contribution in [0.4, 0.5) is 5.95 Å². The third-order valence-electron chi connectivity index (χ3n) is 2.27. The van der Waals surface area contributed by atoms with Gasteiger partial charge in [0.25, 0.3) is 0 Å². The molecule has 6 heteroatoms. The number of rotatable bonds is 8. The highest BCUT2D eigenvalue weighted by atomic mass is 16.5. The van der Waals surface area contributed by atoms with Gasteiger partial charge in [0.15, 0.2) is 0 Å². The maximum absolute atomic E-state index is 5.48. The quantitative estimate of drug-likeness (QED) is 0.698. The Hall–Kier alpha value is -1.59. The molecule has 1 heterocycles. The summed E-state index contributed by atoms with van der Waals surface area (Å²) in [7, 11) is 1.48. The zero-order chi connectivity index (χ0) is 12.5. The summed E-state index contributed by atoms with van der Waals surface area (Å²) >= 11 is 0. The lowest BCUT2D eigenvalue weighted by Crippen LogP contribution is -2.06. The lowest BCUT2D eigenvalue weighted by atomic mass is 10.2. The Labute approximate surface area is 102 Å². The number of nitrogen functional groups attached to an aromatic ring is 1. The van der Waals surface area contributed by atoms with E-state index in [0.29, 0.717) is 6.61 Å². The van der Waals surface area contributed by atoms with Crippen molar-refractivity contribution in [2.24, 2.45) is 0 Å². The van der Waals surface area contributed by atoms with E-state index >= 15 is 0 Å². The molecule has 0 atom stereocenters. The number of ether oxygens (including phenoxy) is 2. The molecule has 0 fully saturated rings. The van der Waals surface area contributed by atoms with E-state index in [0.717, 1.165) is 12.8 Å². The van der Waals surface area contributed by atoms with Gasteiger partial charge in [-0.25, -0.2) is 0 Å². The van der Waals surface area contributed by atoms with Crippen LogP contribution in [0, 0.1) is 0 Å². The zero-order valence-electron chi connectivity index (χ0n) is 10.5. The normalized spacial score (nSPS) is 10.2. The zero-order valence-corrected chi connectivity index (χ0v) is 10.5. The Morgan fingerprint density at radius 2 is 1.71 bits per heavy atom. The molecule has 0 aliphatic carbocycles. The SMILES string of the molecule is CCCCCCCOc1nc(N)nc(OC)n1. The van der Waals surface area contributed by atoms with Crippen LogP contribution in [0.1, 0.15) is 39.0 Å². The summed E-state index contributed by atoms with van der Waals surface area (Å²) in [6.45, 7) is 2.78. The molecule has 17 heavy (non-hydrogen) atoms. The topological polar surface area (TPSA) is 83.2 Å². The van der Waals surface area contributed by atoms with Crippen LogP contribution in [-0.4, -0.2) is 28.7 Å². The smallest absolute Gasteiger partial charge is 0.324 e. The lowest BCUT2D eigenvalue weighted by molar-refractivity contribution is 0.272. The molecule has 0 spiro atoms. The van der Waals surface area contributed by atoms with Crippen molar-refractivity contribution in [3.8, 4) is 12.0 Å². The van der Waals surface area contributed by atoms with E-state index in [2.05, 4.69) is 21.9 Å². The van der Waals surface area contributed by atoms with Gasteiger partial charge in [-0.1, -0.05) is 32.6 Å². The highest BCUT2D eigenvalue weighted by Crippen LogP contribution is 2.11. The number of unbranched alkanes of at least 4 members (excludes halogenated alkanes) is 4. The van der Waals surface area contributed by atoms with Crippen LogP contribution >= 0.6 is 0 Å². The van der Waals surface area contributed by atoms with Gasteiger partial charge in [-0.15, -0.1) is 4.98 Å². The van der Waals surface area contributed by atoms with E-state index < -0.39 is 0 Å². The molecular formula is C11H20N4O2. The number of hydrogen-bond acceptors (Lipinski definition) is 6. The van der Waals surface area contributed by atoms with Crippen LogP contribution in [0.2, 0.25) is 0 Å². The maximum atomic E-state index is 5.48. The fraction of sp³-hybridized carbons (Fsp3) is 0.727. The molecule has 96 valence electrons. The van der Waals surface area contributed by atoms with Crippen LogP contribution in [0.5, 0.6) is 12.0 Å². The van der Waals surface area contributed by atoms with Gasteiger partial charge in [-0.2, -0.15) is 9.97 Å². The molecule has 0 saturated carbocycles. The van der Waals surface area contributed by atoms with Crippen molar-refractivity contribution in [3.63, 3.8) is 0 Å². The van der Waals surface area contributed by atoms with E-state index in [1.54, 1.807) is 0 Å². The molecule has 0 bridgehead atoms. The minimum atomic E-state index is 0.109. The van der Waals surface area contributed by atoms with Gasteiger partial charge >= 0.3 is 12.0 Å². The van der Waals surface area contributed by atoms with Gasteiger partial charge in [0.05, 0.1) is 13.7 Å². The van der Waals surface area contributed by atoms with Gasteiger partial charge in [-0.3, -0.25) is 0 Å². The fourth-order valence-electron chi connectivity index (χ4n) is 1.38. The second-order valence-electron chi connectivity index (χ2n) is 3.73. The average Bonchev–Trinajstić information content (AvgIpc) is 2.33. The number of anilines is 1. The fourth-order valence-corrected chi connectivity index (χ4v) is 1.38. The van der Waals surface area contributed by atoms with Gasteiger partial charge in [0.1, 0.15) is 0 Å². The summed E-state index contributed by atoms with van der Waals surface area (Å²) in [5.74, 6) is 0.109. The van der Waals surface area contributed by atoms with Crippen LogP contribution in [0.3, 0.4) is 0 Å². The molecule has 0 amide bonds. The minimum Gasteiger partial charge on any atom is -0.467 e. The number of nitrogens with zero attached hydrogens (tertiary/aromatic N) is 3. The molecule has 6 nitrogen and oxygen atoms in total. The summed E-state index contributed by atoms with van der Waals surface area (Å²) in [5, 5.41) is 0. The predicted octanol–water partition coefficient (Wildman–Crippen LogP) is 1.81. The monoisotopic (exact) mass is 240 g/mol. The predicted molar refractivity (Wildman–Crippen MR) is 65.0 cm³/mol. The summed E-state index contributed by atoms with van der Waals surface area (Å²) in [5.41, 5.74) is 5.48. The summed E-state index contributed by atoms with van der Waals surface area (Å²) in [4.78, 5) is 11.6. The third kappa shape index (κ3) is 5.33. The number of hydrogen-bond donors (Lipinski definition) is 1. The van der Waals surface area contributed by atoms with Crippen molar-refractivity contribution in [3.05, 3.63) is 0 Å². The number of aromatic nitrogens is 3. The Bertz CT molecular complexity index is 333. The lowest BCUT2D eigenvalue weighted by Gasteiger charge is -2.05. The molecule has 2 N–H and O–H groups in total. The first-order valence-corrected chi connectivity index (χ1v) is 5.94. The van der Waals surface area contributed by atoms with E-state index in [1.807, 2.05) is 0 Å². The van der Waals surface area contributed by atoms with Crippen LogP contribution < -0.4 is 15.2 Å². The van der Waals surface area contributed by atoms with Crippen LogP contribution in [0.25, 0.3) is 0 Å². The van der Waals surface area contributed by atoms with Crippen molar-refractivity contribution in [2.45, 2.75) is 39.0 Å². The molecule has 0 radical (unpaired) electrons. The second-order valence-corrected chi connectivity index (χ2v) is 3.73. The Balaban J connectivity index is 2.28. The van der Waals surface area contributed by atoms with Gasteiger partial charge in [0, 0.05) is 0 Å². The van der Waals surface area contributed by atoms with E-state index in [9.17, 15) is 0 Å². The van der Waals surface area contributed by atoms with Crippen molar-refractivity contribution < 1.29 is 9.47 Å². The summed E-state index contributed by atoms with van der Waals surface area (Å²) in [6.07, 6.45) is 5.90. The molecule has 0 aliphatic heterocycles. The van der Waals surface area contributed by atoms with Gasteiger partial charge < -0.3 is 15.2 Å². The molecule has 0 saturated heterocycles. The minimum absolute atomic E-state index is 0.109. The first-order valence-electron chi connectivity index (χ1n) is 5.94. The molecule has 0 aliphatic rings. The molecular weight excluding hydrogens is 220 g/mol. The molecule has 1 aromatic rings. The average molecular weight is 240 g/mol. The first kappa shape index (κ1) is 13.5. The summed E-state index contributed by atoms with van der Waals surface area (Å²) in [6, 6.07) is 0.406. The van der Waals surface area contributed by atoms with Crippen molar-refractivity contribution in [1.82, 2.24) is 15.0 Å². The van der Waals surface area contributed by atoms with Crippen molar-refractivity contribution in [2.75, 3.05) is 19.5 Å². The molecule has 1 aromatic heterocycles. The van der Waals surface area contributed by atoms with Gasteiger partial charge in [0.2, 0.25) is 5.95 Å². The van der Waals surface area contributed by atoms with Crippen molar-refractivity contribution >= 4 is 5.95 Å². The Kier molecular flexibility index (Phi) is 6.06.